The Morgan fingerprint density at radius 3 is 2.77 bits per heavy atom. The molecule has 0 amide bonds. The number of hydrogen-bond donors (Lipinski definition) is 1. The van der Waals surface area contributed by atoms with Gasteiger partial charge in [0.1, 0.15) is 5.82 Å². The highest BCUT2D eigenvalue weighted by Gasteiger charge is 2.47. The minimum atomic E-state index is -2.59. The van der Waals surface area contributed by atoms with E-state index in [4.69, 9.17) is 5.73 Å². The first-order valence-electron chi connectivity index (χ1n) is 8.24. The quantitative estimate of drug-likeness (QED) is 0.597. The van der Waals surface area contributed by atoms with Gasteiger partial charge in [0.2, 0.25) is 5.95 Å². The van der Waals surface area contributed by atoms with Crippen molar-refractivity contribution in [2.75, 3.05) is 5.73 Å². The summed E-state index contributed by atoms with van der Waals surface area (Å²) in [7, 11) is 0. The summed E-state index contributed by atoms with van der Waals surface area (Å²) in [6, 6.07) is 3.59. The van der Waals surface area contributed by atoms with Gasteiger partial charge in [-0.05, 0) is 19.1 Å². The van der Waals surface area contributed by atoms with Crippen LogP contribution in [0.4, 0.5) is 14.7 Å². The normalized spacial score (nSPS) is 17.0. The van der Waals surface area contributed by atoms with Crippen LogP contribution in [0.15, 0.2) is 30.7 Å². The van der Waals surface area contributed by atoms with E-state index in [-0.39, 0.29) is 24.8 Å². The Morgan fingerprint density at radius 1 is 1.19 bits per heavy atom. The lowest BCUT2D eigenvalue weighted by Gasteiger charge is -2.36. The lowest BCUT2D eigenvalue weighted by Crippen LogP contribution is -2.37. The van der Waals surface area contributed by atoms with Crippen LogP contribution in [-0.2, 0) is 0 Å². The van der Waals surface area contributed by atoms with Crippen molar-refractivity contribution in [2.24, 2.45) is 0 Å². The van der Waals surface area contributed by atoms with Gasteiger partial charge in [0, 0.05) is 42.4 Å². The first-order chi connectivity index (χ1) is 12.4. The SMILES string of the molecule is Cc1nc2ncc(-c3ccn4nc(N)ncc34)cc2n1C1CC(F)(F)C1. The minimum Gasteiger partial charge on any atom is -0.367 e. The van der Waals surface area contributed by atoms with E-state index in [0.717, 1.165) is 22.2 Å². The molecule has 26 heavy (non-hydrogen) atoms. The smallest absolute Gasteiger partial charge is 0.252 e. The number of fused-ring (bicyclic) bond motifs is 2. The molecule has 9 heteroatoms. The van der Waals surface area contributed by atoms with Crippen LogP contribution < -0.4 is 5.73 Å². The fraction of sp³-hybridized carbons (Fsp3) is 0.294. The number of nitrogens with zero attached hydrogens (tertiary/aromatic N) is 6. The largest absolute Gasteiger partial charge is 0.367 e. The zero-order valence-electron chi connectivity index (χ0n) is 13.9. The molecule has 1 fully saturated rings. The molecular formula is C17H15F2N7. The average molecular weight is 355 g/mol. The van der Waals surface area contributed by atoms with Crippen LogP contribution in [0, 0.1) is 6.92 Å². The molecule has 1 aliphatic carbocycles. The van der Waals surface area contributed by atoms with Crippen LogP contribution in [-0.4, -0.2) is 35.1 Å². The van der Waals surface area contributed by atoms with Crippen molar-refractivity contribution in [1.82, 2.24) is 29.1 Å². The van der Waals surface area contributed by atoms with Crippen LogP contribution >= 0.6 is 0 Å². The molecule has 0 bridgehead atoms. The Hall–Kier alpha value is -3.10. The number of hydrogen-bond acceptors (Lipinski definition) is 5. The molecule has 2 N–H and O–H groups in total. The van der Waals surface area contributed by atoms with E-state index in [1.54, 1.807) is 23.1 Å². The van der Waals surface area contributed by atoms with E-state index < -0.39 is 5.92 Å². The number of nitrogens with two attached hydrogens (primary N) is 1. The number of imidazole rings is 1. The van der Waals surface area contributed by atoms with Crippen LogP contribution in [0.2, 0.25) is 0 Å². The summed E-state index contributed by atoms with van der Waals surface area (Å²) in [6.45, 7) is 1.82. The first kappa shape index (κ1) is 15.2. The van der Waals surface area contributed by atoms with Crippen LogP contribution in [0.3, 0.4) is 0 Å². The van der Waals surface area contributed by atoms with Gasteiger partial charge in [0.15, 0.2) is 5.65 Å². The molecule has 0 aromatic carbocycles. The molecular weight excluding hydrogens is 340 g/mol. The maximum Gasteiger partial charge on any atom is 0.252 e. The van der Waals surface area contributed by atoms with Crippen molar-refractivity contribution in [3.63, 3.8) is 0 Å². The van der Waals surface area contributed by atoms with E-state index in [1.165, 1.54) is 0 Å². The molecule has 4 aromatic heterocycles. The number of halogens is 2. The molecule has 1 saturated carbocycles. The van der Waals surface area contributed by atoms with Gasteiger partial charge in [0.25, 0.3) is 5.92 Å². The van der Waals surface area contributed by atoms with Crippen molar-refractivity contribution < 1.29 is 8.78 Å². The second kappa shape index (κ2) is 4.96. The zero-order valence-corrected chi connectivity index (χ0v) is 13.9. The van der Waals surface area contributed by atoms with Gasteiger partial charge in [-0.3, -0.25) is 0 Å². The lowest BCUT2D eigenvalue weighted by atomic mass is 9.87. The maximum atomic E-state index is 13.3. The summed E-state index contributed by atoms with van der Waals surface area (Å²) in [5, 5.41) is 4.13. The molecule has 132 valence electrons. The average Bonchev–Trinajstić information content (AvgIpc) is 3.11. The number of anilines is 1. The van der Waals surface area contributed by atoms with E-state index in [0.29, 0.717) is 11.5 Å². The third-order valence-electron chi connectivity index (χ3n) is 4.90. The number of pyridine rings is 1. The van der Waals surface area contributed by atoms with Crippen molar-refractivity contribution in [1.29, 1.82) is 0 Å². The highest BCUT2D eigenvalue weighted by Crippen LogP contribution is 2.47. The van der Waals surface area contributed by atoms with E-state index >= 15 is 0 Å². The van der Waals surface area contributed by atoms with Crippen LogP contribution in [0.1, 0.15) is 24.7 Å². The summed E-state index contributed by atoms with van der Waals surface area (Å²) in [6.07, 6.45) is 4.84. The summed E-state index contributed by atoms with van der Waals surface area (Å²) in [5.74, 6) is -1.70. The van der Waals surface area contributed by atoms with Gasteiger partial charge in [-0.15, -0.1) is 5.10 Å². The monoisotopic (exact) mass is 355 g/mol. The lowest BCUT2D eigenvalue weighted by molar-refractivity contribution is -0.103. The molecule has 4 aromatic rings. The Labute approximate surface area is 146 Å². The molecule has 5 rings (SSSR count). The Kier molecular flexibility index (Phi) is 2.90. The standard InChI is InChI=1S/C17H15F2N7/c1-9-23-15-13(26(9)11-5-17(18,19)6-11)4-10(7-21-15)12-2-3-25-14(12)8-22-16(20)24-25/h2-4,7-8,11H,5-6H2,1H3,(H2,20,24). The molecule has 1 aliphatic rings. The number of nitrogen functional groups attached to an aromatic ring is 1. The zero-order chi connectivity index (χ0) is 18.1. The highest BCUT2D eigenvalue weighted by molar-refractivity contribution is 5.85. The molecule has 0 unspecified atom stereocenters. The van der Waals surface area contributed by atoms with Crippen molar-refractivity contribution in [3.8, 4) is 11.1 Å². The van der Waals surface area contributed by atoms with Gasteiger partial charge >= 0.3 is 0 Å². The summed E-state index contributed by atoms with van der Waals surface area (Å²) < 4.78 is 30.2. The van der Waals surface area contributed by atoms with Gasteiger partial charge < -0.3 is 10.3 Å². The van der Waals surface area contributed by atoms with Crippen LogP contribution in [0.5, 0.6) is 0 Å². The summed E-state index contributed by atoms with van der Waals surface area (Å²) >= 11 is 0. The molecule has 0 spiro atoms. The minimum absolute atomic E-state index is 0.161. The van der Waals surface area contributed by atoms with E-state index in [2.05, 4.69) is 20.1 Å². The number of alkyl halides is 2. The van der Waals surface area contributed by atoms with Crippen molar-refractivity contribution in [3.05, 3.63) is 36.5 Å². The van der Waals surface area contributed by atoms with Gasteiger partial charge in [-0.25, -0.2) is 28.2 Å². The van der Waals surface area contributed by atoms with Crippen LogP contribution in [0.25, 0.3) is 27.8 Å². The highest BCUT2D eigenvalue weighted by atomic mass is 19.3. The second-order valence-corrected chi connectivity index (χ2v) is 6.69. The third-order valence-corrected chi connectivity index (χ3v) is 4.90. The molecule has 0 radical (unpaired) electrons. The molecule has 0 saturated heterocycles. The molecule has 0 aliphatic heterocycles. The van der Waals surface area contributed by atoms with Crippen molar-refractivity contribution in [2.45, 2.75) is 31.7 Å². The fourth-order valence-corrected chi connectivity index (χ4v) is 3.67. The third kappa shape index (κ3) is 2.16. The Balaban J connectivity index is 1.65. The molecule has 0 atom stereocenters. The van der Waals surface area contributed by atoms with Crippen molar-refractivity contribution >= 4 is 22.6 Å². The molecule has 4 heterocycles. The predicted molar refractivity (Wildman–Crippen MR) is 91.9 cm³/mol. The van der Waals surface area contributed by atoms with E-state index in [1.807, 2.05) is 23.6 Å². The van der Waals surface area contributed by atoms with Gasteiger partial charge in [0.05, 0.1) is 17.2 Å². The maximum absolute atomic E-state index is 13.3. The first-order valence-corrected chi connectivity index (χ1v) is 8.24. The predicted octanol–water partition coefficient (Wildman–Crippen LogP) is 3.00. The fourth-order valence-electron chi connectivity index (χ4n) is 3.67. The van der Waals surface area contributed by atoms with Gasteiger partial charge in [-0.2, -0.15) is 0 Å². The Morgan fingerprint density at radius 2 is 2.00 bits per heavy atom. The number of aromatic nitrogens is 6. The van der Waals surface area contributed by atoms with Gasteiger partial charge in [-0.1, -0.05) is 0 Å². The Bertz CT molecular complexity index is 1150. The summed E-state index contributed by atoms with van der Waals surface area (Å²) in [4.78, 5) is 12.9. The molecule has 7 nitrogen and oxygen atoms in total. The topological polar surface area (TPSA) is 86.9 Å². The second-order valence-electron chi connectivity index (χ2n) is 6.69. The van der Waals surface area contributed by atoms with E-state index in [9.17, 15) is 8.78 Å². The number of aryl methyl sites for hydroxylation is 1. The summed E-state index contributed by atoms with van der Waals surface area (Å²) in [5.41, 5.74) is 9.47. The number of rotatable bonds is 2.